The summed E-state index contributed by atoms with van der Waals surface area (Å²) in [6.07, 6.45) is 24.4. The fourth-order valence-electron chi connectivity index (χ4n) is 3.53. The van der Waals surface area contributed by atoms with Crippen LogP contribution in [0.1, 0.15) is 149 Å². The molecule has 0 fully saturated rings. The average Bonchev–Trinajstić information content (AvgIpc) is 2.76. The molecule has 0 heterocycles. The van der Waals surface area contributed by atoms with Crippen LogP contribution in [0.4, 0.5) is 0 Å². The average molecular weight is 481 g/mol. The van der Waals surface area contributed by atoms with E-state index in [0.717, 1.165) is 38.5 Å². The lowest BCUT2D eigenvalue weighted by molar-refractivity contribution is 0.208. The van der Waals surface area contributed by atoms with E-state index in [1.54, 1.807) is 6.92 Å². The summed E-state index contributed by atoms with van der Waals surface area (Å²) in [5, 5.41) is 7.57. The van der Waals surface area contributed by atoms with Gasteiger partial charge in [-0.25, -0.2) is 8.37 Å². The first kappa shape index (κ1) is 34.0. The predicted octanol–water partition coefficient (Wildman–Crippen LogP) is 8.10. The summed E-state index contributed by atoms with van der Waals surface area (Å²) >= 11 is 0. The van der Waals surface area contributed by atoms with Crippen molar-refractivity contribution in [2.24, 2.45) is 0 Å². The van der Waals surface area contributed by atoms with Gasteiger partial charge in [-0.05, 0) is 19.8 Å². The maximum atomic E-state index is 11.7. The first-order chi connectivity index (χ1) is 15.5. The van der Waals surface area contributed by atoms with Gasteiger partial charge in [-0.3, -0.25) is 0 Å². The summed E-state index contributed by atoms with van der Waals surface area (Å²) in [6.45, 7) is 6.91. The molecular weight excluding hydrogens is 424 g/mol. The first-order valence-corrected chi connectivity index (χ1v) is 15.0. The van der Waals surface area contributed by atoms with E-state index >= 15 is 0 Å². The van der Waals surface area contributed by atoms with Crippen molar-refractivity contribution in [3.63, 3.8) is 0 Å². The van der Waals surface area contributed by atoms with Crippen LogP contribution in [0.5, 0.6) is 0 Å². The van der Waals surface area contributed by atoms with Crippen LogP contribution in [-0.4, -0.2) is 33.3 Å². The summed E-state index contributed by atoms with van der Waals surface area (Å²) in [4.78, 5) is 0. The molecule has 0 aromatic rings. The summed E-state index contributed by atoms with van der Waals surface area (Å²) in [5.41, 5.74) is 0. The van der Waals surface area contributed by atoms with Crippen molar-refractivity contribution in [2.75, 3.05) is 19.8 Å². The second kappa shape index (κ2) is 28.9. The lowest BCUT2D eigenvalue weighted by atomic mass is 10.1. The van der Waals surface area contributed by atoms with E-state index < -0.39 is 10.4 Å². The van der Waals surface area contributed by atoms with Crippen molar-refractivity contribution in [2.45, 2.75) is 149 Å². The highest BCUT2D eigenvalue weighted by Gasteiger charge is 2.11. The lowest BCUT2D eigenvalue weighted by Crippen LogP contribution is -2.12. The van der Waals surface area contributed by atoms with Crippen LogP contribution < -0.4 is 0 Å². The molecule has 0 aliphatic carbocycles. The molecule has 6 heteroatoms. The molecule has 1 N–H and O–H groups in total. The second-order valence-corrected chi connectivity index (χ2v) is 10.0. The molecule has 32 heavy (non-hydrogen) atoms. The molecule has 0 amide bonds. The number of rotatable bonds is 24. The predicted molar refractivity (Wildman–Crippen MR) is 137 cm³/mol. The monoisotopic (exact) mass is 480 g/mol. The fourth-order valence-corrected chi connectivity index (χ4v) is 4.25. The largest absolute Gasteiger partial charge is 0.399 e. The number of hydrogen-bond donors (Lipinski definition) is 1. The Hall–Kier alpha value is -0.170. The van der Waals surface area contributed by atoms with Crippen LogP contribution in [0.3, 0.4) is 0 Å². The van der Waals surface area contributed by atoms with Gasteiger partial charge in [-0.2, -0.15) is 8.42 Å². The Morgan fingerprint density at radius 1 is 0.469 bits per heavy atom. The van der Waals surface area contributed by atoms with Crippen LogP contribution >= 0.6 is 0 Å². The molecular formula is C26H56O5S. The maximum absolute atomic E-state index is 11.7. The van der Waals surface area contributed by atoms with Crippen molar-refractivity contribution < 1.29 is 21.9 Å². The van der Waals surface area contributed by atoms with Crippen LogP contribution in [0.2, 0.25) is 0 Å². The van der Waals surface area contributed by atoms with Gasteiger partial charge in [-0.15, -0.1) is 0 Å². The Morgan fingerprint density at radius 2 is 0.688 bits per heavy atom. The Kier molecular flexibility index (Phi) is 30.7. The molecule has 0 rings (SSSR count). The third-order valence-electron chi connectivity index (χ3n) is 5.45. The minimum absolute atomic E-state index is 0.247. The third-order valence-corrected chi connectivity index (χ3v) is 6.36. The summed E-state index contributed by atoms with van der Waals surface area (Å²) in [7, 11) is -3.80. The molecule has 0 radical (unpaired) electrons. The van der Waals surface area contributed by atoms with E-state index in [1.807, 2.05) is 0 Å². The molecule has 0 saturated heterocycles. The molecule has 0 aliphatic rings. The zero-order valence-electron chi connectivity index (χ0n) is 21.8. The summed E-state index contributed by atoms with van der Waals surface area (Å²) in [5.74, 6) is 0. The second-order valence-electron chi connectivity index (χ2n) is 8.73. The van der Waals surface area contributed by atoms with Gasteiger partial charge in [0.25, 0.3) is 0 Å². The molecule has 196 valence electrons. The Bertz CT molecular complexity index is 394. The molecule has 0 unspecified atom stereocenters. The van der Waals surface area contributed by atoms with E-state index in [0.29, 0.717) is 0 Å². The van der Waals surface area contributed by atoms with Gasteiger partial charge in [0.1, 0.15) is 0 Å². The minimum atomic E-state index is -3.80. The number of unbranched alkanes of at least 4 members (excludes halogenated alkanes) is 18. The summed E-state index contributed by atoms with van der Waals surface area (Å²) in [6, 6.07) is 0. The third kappa shape index (κ3) is 32.0. The van der Waals surface area contributed by atoms with Crippen molar-refractivity contribution in [3.8, 4) is 0 Å². The van der Waals surface area contributed by atoms with Crippen LogP contribution in [0.15, 0.2) is 0 Å². The van der Waals surface area contributed by atoms with Gasteiger partial charge in [0.2, 0.25) is 0 Å². The van der Waals surface area contributed by atoms with Crippen LogP contribution in [-0.2, 0) is 18.8 Å². The standard InChI is InChI=1S/C24H50O4S.C2H6O/c1-3-5-7-9-11-13-15-17-19-21-23-27-29(25,26)28-24-22-20-18-16-14-12-10-8-6-4-2;1-2-3/h3-24H2,1-2H3;3H,2H2,1H3. The van der Waals surface area contributed by atoms with Crippen molar-refractivity contribution in [3.05, 3.63) is 0 Å². The van der Waals surface area contributed by atoms with E-state index in [2.05, 4.69) is 13.8 Å². The Labute approximate surface area is 201 Å². The number of aliphatic hydroxyl groups excluding tert-OH is 1. The van der Waals surface area contributed by atoms with Gasteiger partial charge in [0.15, 0.2) is 0 Å². The fraction of sp³-hybridized carbons (Fsp3) is 1.00. The minimum Gasteiger partial charge on any atom is -0.397 e. The van der Waals surface area contributed by atoms with Crippen LogP contribution in [0.25, 0.3) is 0 Å². The topological polar surface area (TPSA) is 72.8 Å². The number of aliphatic hydroxyl groups is 1. The molecule has 5 nitrogen and oxygen atoms in total. The summed E-state index contributed by atoms with van der Waals surface area (Å²) < 4.78 is 33.3. The van der Waals surface area contributed by atoms with Crippen molar-refractivity contribution in [1.82, 2.24) is 0 Å². The van der Waals surface area contributed by atoms with E-state index in [4.69, 9.17) is 13.5 Å². The molecule has 0 bridgehead atoms. The van der Waals surface area contributed by atoms with Gasteiger partial charge >= 0.3 is 10.4 Å². The highest BCUT2D eigenvalue weighted by molar-refractivity contribution is 7.81. The smallest absolute Gasteiger partial charge is 0.397 e. The molecule has 0 saturated carbocycles. The Morgan fingerprint density at radius 3 is 0.938 bits per heavy atom. The molecule has 0 atom stereocenters. The van der Waals surface area contributed by atoms with Crippen molar-refractivity contribution in [1.29, 1.82) is 0 Å². The Balaban J connectivity index is 0. The number of hydrogen-bond acceptors (Lipinski definition) is 5. The first-order valence-electron chi connectivity index (χ1n) is 13.7. The lowest BCUT2D eigenvalue weighted by Gasteiger charge is -2.06. The van der Waals surface area contributed by atoms with Gasteiger partial charge in [0.05, 0.1) is 13.2 Å². The zero-order valence-corrected chi connectivity index (χ0v) is 22.6. The highest BCUT2D eigenvalue weighted by atomic mass is 32.3. The van der Waals surface area contributed by atoms with Gasteiger partial charge < -0.3 is 5.11 Å². The van der Waals surface area contributed by atoms with E-state index in [-0.39, 0.29) is 19.8 Å². The van der Waals surface area contributed by atoms with Gasteiger partial charge in [0, 0.05) is 6.61 Å². The van der Waals surface area contributed by atoms with E-state index in [1.165, 1.54) is 89.9 Å². The molecule has 0 aromatic carbocycles. The SMILES string of the molecule is CCCCCCCCCCCCOS(=O)(=O)OCCCCCCCCCCCC.CCO. The highest BCUT2D eigenvalue weighted by Crippen LogP contribution is 2.12. The molecule has 0 aromatic heterocycles. The van der Waals surface area contributed by atoms with Gasteiger partial charge in [-0.1, -0.05) is 129 Å². The molecule has 0 spiro atoms. The maximum Gasteiger partial charge on any atom is 0.399 e. The van der Waals surface area contributed by atoms with Crippen molar-refractivity contribution >= 4 is 10.4 Å². The molecule has 0 aliphatic heterocycles. The van der Waals surface area contributed by atoms with Crippen LogP contribution in [0, 0.1) is 0 Å². The quantitative estimate of drug-likeness (QED) is 0.141. The van der Waals surface area contributed by atoms with E-state index in [9.17, 15) is 8.42 Å². The zero-order chi connectivity index (χ0) is 24.2. The normalized spacial score (nSPS) is 11.4.